The van der Waals surface area contributed by atoms with Gasteiger partial charge < -0.3 is 4.74 Å². The zero-order valence-electron chi connectivity index (χ0n) is 10.2. The van der Waals surface area contributed by atoms with Gasteiger partial charge in [-0.3, -0.25) is 0 Å². The van der Waals surface area contributed by atoms with Crippen LogP contribution in [0.3, 0.4) is 0 Å². The van der Waals surface area contributed by atoms with Gasteiger partial charge in [-0.1, -0.05) is 32.9 Å². The average Bonchev–Trinajstić information content (AvgIpc) is 2.14. The Morgan fingerprint density at radius 3 is 2.25 bits per heavy atom. The van der Waals surface area contributed by atoms with Crippen LogP contribution in [-0.2, 0) is 4.74 Å². The molecule has 0 heterocycles. The topological polar surface area (TPSA) is 9.23 Å². The van der Waals surface area contributed by atoms with Gasteiger partial charge >= 0.3 is 6.18 Å². The molecule has 0 amide bonds. The van der Waals surface area contributed by atoms with Gasteiger partial charge in [-0.2, -0.15) is 13.2 Å². The Balaban J connectivity index is 3.51. The molecule has 1 nitrogen and oxygen atoms in total. The summed E-state index contributed by atoms with van der Waals surface area (Å²) in [4.78, 5) is 0. The Hall–Kier alpha value is -0.510. The lowest BCUT2D eigenvalue weighted by Crippen LogP contribution is -2.24. The maximum atomic E-state index is 12.1. The highest BCUT2D eigenvalue weighted by Gasteiger charge is 2.35. The molecule has 0 saturated carbocycles. The third-order valence-corrected chi connectivity index (χ3v) is 2.53. The summed E-state index contributed by atoms with van der Waals surface area (Å²) in [7, 11) is 0. The minimum Gasteiger partial charge on any atom is -0.381 e. The van der Waals surface area contributed by atoms with E-state index in [1.54, 1.807) is 0 Å². The van der Waals surface area contributed by atoms with Crippen molar-refractivity contribution in [2.45, 2.75) is 39.8 Å². The fraction of sp³-hybridized carbons (Fsp3) is 0.833. The number of halogens is 3. The van der Waals surface area contributed by atoms with E-state index < -0.39 is 12.1 Å². The Labute approximate surface area is 95.7 Å². The van der Waals surface area contributed by atoms with E-state index in [-0.39, 0.29) is 6.61 Å². The Morgan fingerprint density at radius 1 is 1.25 bits per heavy atom. The molecule has 0 spiro atoms. The number of hydrogen-bond donors (Lipinski definition) is 0. The van der Waals surface area contributed by atoms with Gasteiger partial charge in [0, 0.05) is 6.61 Å². The molecular weight excluding hydrogens is 217 g/mol. The van der Waals surface area contributed by atoms with Crippen molar-refractivity contribution in [1.82, 2.24) is 0 Å². The standard InChI is InChI=1S/C12H21F3O/c1-9(2)10(3)6-5-7-16-8-11(4)12(13,14)15/h9,11H,3,5-8H2,1-2,4H3. The van der Waals surface area contributed by atoms with Crippen LogP contribution in [0, 0.1) is 11.8 Å². The lowest BCUT2D eigenvalue weighted by Gasteiger charge is -2.15. The highest BCUT2D eigenvalue weighted by Crippen LogP contribution is 2.25. The van der Waals surface area contributed by atoms with Gasteiger partial charge in [0.25, 0.3) is 0 Å². The number of rotatable bonds is 7. The number of allylic oxidation sites excluding steroid dienone is 1. The fourth-order valence-electron chi connectivity index (χ4n) is 1.04. The fourth-order valence-corrected chi connectivity index (χ4v) is 1.04. The molecular formula is C12H21F3O. The van der Waals surface area contributed by atoms with E-state index in [1.165, 1.54) is 0 Å². The summed E-state index contributed by atoms with van der Waals surface area (Å²) in [6, 6.07) is 0. The maximum Gasteiger partial charge on any atom is 0.393 e. The average molecular weight is 238 g/mol. The van der Waals surface area contributed by atoms with Gasteiger partial charge in [-0.15, -0.1) is 0 Å². The molecule has 0 radical (unpaired) electrons. The summed E-state index contributed by atoms with van der Waals surface area (Å²) in [5.74, 6) is -0.963. The van der Waals surface area contributed by atoms with Crippen molar-refractivity contribution in [2.24, 2.45) is 11.8 Å². The molecule has 96 valence electrons. The molecule has 4 heteroatoms. The lowest BCUT2D eigenvalue weighted by molar-refractivity contribution is -0.182. The highest BCUT2D eigenvalue weighted by molar-refractivity contribution is 4.96. The molecule has 0 aromatic heterocycles. The quantitative estimate of drug-likeness (QED) is 0.477. The molecule has 1 unspecified atom stereocenters. The van der Waals surface area contributed by atoms with Gasteiger partial charge in [-0.05, 0) is 18.8 Å². The molecule has 0 aliphatic carbocycles. The molecule has 0 rings (SSSR count). The molecule has 0 aromatic carbocycles. The predicted octanol–water partition coefficient (Wildman–Crippen LogP) is 4.19. The first-order chi connectivity index (χ1) is 7.25. The first-order valence-corrected chi connectivity index (χ1v) is 5.57. The van der Waals surface area contributed by atoms with E-state index in [4.69, 9.17) is 4.74 Å². The summed E-state index contributed by atoms with van der Waals surface area (Å²) >= 11 is 0. The smallest absolute Gasteiger partial charge is 0.381 e. The van der Waals surface area contributed by atoms with Crippen molar-refractivity contribution in [3.05, 3.63) is 12.2 Å². The van der Waals surface area contributed by atoms with Crippen molar-refractivity contribution in [3.8, 4) is 0 Å². The Morgan fingerprint density at radius 2 is 1.81 bits per heavy atom. The van der Waals surface area contributed by atoms with Crippen LogP contribution in [-0.4, -0.2) is 19.4 Å². The van der Waals surface area contributed by atoms with E-state index in [0.29, 0.717) is 12.5 Å². The van der Waals surface area contributed by atoms with Gasteiger partial charge in [-0.25, -0.2) is 0 Å². The molecule has 16 heavy (non-hydrogen) atoms. The minimum atomic E-state index is -4.15. The minimum absolute atomic E-state index is 0.252. The van der Waals surface area contributed by atoms with E-state index >= 15 is 0 Å². The number of hydrogen-bond acceptors (Lipinski definition) is 1. The van der Waals surface area contributed by atoms with Crippen LogP contribution in [0.15, 0.2) is 12.2 Å². The zero-order valence-corrected chi connectivity index (χ0v) is 10.2. The van der Waals surface area contributed by atoms with Gasteiger partial charge in [0.1, 0.15) is 0 Å². The third kappa shape index (κ3) is 6.88. The Bertz CT molecular complexity index is 209. The summed E-state index contributed by atoms with van der Waals surface area (Å²) in [6.45, 7) is 9.24. The number of ether oxygens (including phenoxy) is 1. The van der Waals surface area contributed by atoms with Crippen LogP contribution < -0.4 is 0 Å². The molecule has 0 N–H and O–H groups in total. The van der Waals surface area contributed by atoms with Gasteiger partial charge in [0.2, 0.25) is 0 Å². The second-order valence-corrected chi connectivity index (χ2v) is 4.43. The van der Waals surface area contributed by atoms with E-state index in [9.17, 15) is 13.2 Å². The van der Waals surface area contributed by atoms with E-state index in [2.05, 4.69) is 20.4 Å². The largest absolute Gasteiger partial charge is 0.393 e. The molecule has 0 saturated heterocycles. The first-order valence-electron chi connectivity index (χ1n) is 5.57. The van der Waals surface area contributed by atoms with Crippen molar-refractivity contribution in [1.29, 1.82) is 0 Å². The van der Waals surface area contributed by atoms with Crippen LogP contribution in [0.5, 0.6) is 0 Å². The Kier molecular flexibility index (Phi) is 6.72. The summed E-state index contributed by atoms with van der Waals surface area (Å²) in [5.41, 5.74) is 1.12. The first kappa shape index (κ1) is 15.5. The van der Waals surface area contributed by atoms with Crippen LogP contribution in [0.2, 0.25) is 0 Å². The third-order valence-electron chi connectivity index (χ3n) is 2.53. The van der Waals surface area contributed by atoms with Crippen LogP contribution in [0.4, 0.5) is 13.2 Å². The lowest BCUT2D eigenvalue weighted by atomic mass is 10.0. The van der Waals surface area contributed by atoms with Gasteiger partial charge in [0.15, 0.2) is 0 Å². The van der Waals surface area contributed by atoms with Crippen molar-refractivity contribution >= 4 is 0 Å². The summed E-state index contributed by atoms with van der Waals surface area (Å²) < 4.78 is 41.3. The monoisotopic (exact) mass is 238 g/mol. The molecule has 0 fully saturated rings. The second-order valence-electron chi connectivity index (χ2n) is 4.43. The van der Waals surface area contributed by atoms with Crippen molar-refractivity contribution in [3.63, 3.8) is 0 Å². The molecule has 0 aromatic rings. The van der Waals surface area contributed by atoms with Crippen LogP contribution >= 0.6 is 0 Å². The zero-order chi connectivity index (χ0) is 12.8. The highest BCUT2D eigenvalue weighted by atomic mass is 19.4. The van der Waals surface area contributed by atoms with Crippen LogP contribution in [0.25, 0.3) is 0 Å². The molecule has 1 atom stereocenters. The maximum absolute atomic E-state index is 12.1. The summed E-state index contributed by atoms with van der Waals surface area (Å²) in [5, 5.41) is 0. The SMILES string of the molecule is C=C(CCCOCC(C)C(F)(F)F)C(C)C. The van der Waals surface area contributed by atoms with E-state index in [0.717, 1.165) is 25.3 Å². The molecule has 0 aliphatic rings. The van der Waals surface area contributed by atoms with Gasteiger partial charge in [0.05, 0.1) is 12.5 Å². The molecule has 0 aliphatic heterocycles. The second kappa shape index (κ2) is 6.94. The van der Waals surface area contributed by atoms with Crippen molar-refractivity contribution < 1.29 is 17.9 Å². The molecule has 0 bridgehead atoms. The van der Waals surface area contributed by atoms with E-state index in [1.807, 2.05) is 0 Å². The summed E-state index contributed by atoms with van der Waals surface area (Å²) in [6.07, 6.45) is -2.60. The number of alkyl halides is 3. The van der Waals surface area contributed by atoms with Crippen molar-refractivity contribution in [2.75, 3.05) is 13.2 Å². The van der Waals surface area contributed by atoms with Crippen LogP contribution in [0.1, 0.15) is 33.6 Å². The predicted molar refractivity (Wildman–Crippen MR) is 59.3 cm³/mol. The normalized spacial score (nSPS) is 14.2.